The molecule has 0 spiro atoms. The van der Waals surface area contributed by atoms with E-state index in [1.807, 2.05) is 0 Å². The number of rotatable bonds is 6. The molecule has 8 heteroatoms. The lowest BCUT2D eigenvalue weighted by Gasteiger charge is -2.11. The Kier molecular flexibility index (Phi) is 5.20. The van der Waals surface area contributed by atoms with Crippen LogP contribution >= 0.6 is 0 Å². The smallest absolute Gasteiger partial charge is 0.314 e. The molecule has 2 aromatic rings. The fourth-order valence-electron chi connectivity index (χ4n) is 2.04. The van der Waals surface area contributed by atoms with E-state index in [-0.39, 0.29) is 17.1 Å². The molecule has 0 saturated carbocycles. The SMILES string of the molecule is CC(Cc1ccc([N+](=O)[O-])cc1)C(=O)Oc1ccc([N+](=O)[O-])cc1. The largest absolute Gasteiger partial charge is 0.426 e. The lowest BCUT2D eigenvalue weighted by Crippen LogP contribution is -2.19. The van der Waals surface area contributed by atoms with Gasteiger partial charge in [0.1, 0.15) is 5.75 Å². The molecular formula is C16H14N2O6. The maximum Gasteiger partial charge on any atom is 0.314 e. The lowest BCUT2D eigenvalue weighted by molar-refractivity contribution is -0.385. The monoisotopic (exact) mass is 330 g/mol. The summed E-state index contributed by atoms with van der Waals surface area (Å²) in [5.41, 5.74) is 0.669. The number of nitro groups is 2. The number of non-ortho nitro benzene ring substituents is 2. The lowest BCUT2D eigenvalue weighted by atomic mass is 10.0. The van der Waals surface area contributed by atoms with Gasteiger partial charge in [-0.15, -0.1) is 0 Å². The number of esters is 1. The van der Waals surface area contributed by atoms with Crippen LogP contribution in [0.1, 0.15) is 12.5 Å². The summed E-state index contributed by atoms with van der Waals surface area (Å²) in [6.45, 7) is 1.68. The minimum Gasteiger partial charge on any atom is -0.426 e. The summed E-state index contributed by atoms with van der Waals surface area (Å²) >= 11 is 0. The number of nitro benzene ring substituents is 2. The maximum absolute atomic E-state index is 12.0. The van der Waals surface area contributed by atoms with Crippen LogP contribution in [0.3, 0.4) is 0 Å². The molecule has 0 bridgehead atoms. The predicted octanol–water partition coefficient (Wildman–Crippen LogP) is 3.29. The highest BCUT2D eigenvalue weighted by molar-refractivity contribution is 5.75. The van der Waals surface area contributed by atoms with Gasteiger partial charge in [0.05, 0.1) is 15.8 Å². The molecule has 0 N–H and O–H groups in total. The van der Waals surface area contributed by atoms with Crippen molar-refractivity contribution >= 4 is 17.3 Å². The van der Waals surface area contributed by atoms with Crippen LogP contribution in [0.5, 0.6) is 5.75 Å². The van der Waals surface area contributed by atoms with Crippen LogP contribution < -0.4 is 4.74 Å². The fourth-order valence-corrected chi connectivity index (χ4v) is 2.04. The molecule has 8 nitrogen and oxygen atoms in total. The van der Waals surface area contributed by atoms with Gasteiger partial charge in [-0.2, -0.15) is 0 Å². The molecular weight excluding hydrogens is 316 g/mol. The minimum atomic E-state index is -0.539. The number of carbonyl (C=O) groups is 1. The summed E-state index contributed by atoms with van der Waals surface area (Å²) in [4.78, 5) is 32.2. The van der Waals surface area contributed by atoms with E-state index in [2.05, 4.69) is 0 Å². The first-order valence-electron chi connectivity index (χ1n) is 7.06. The van der Waals surface area contributed by atoms with Crippen molar-refractivity contribution < 1.29 is 19.4 Å². The third-order valence-electron chi connectivity index (χ3n) is 3.36. The van der Waals surface area contributed by atoms with Crippen molar-refractivity contribution in [1.82, 2.24) is 0 Å². The standard InChI is InChI=1S/C16H14N2O6/c1-11(10-12-2-4-13(5-3-12)17(20)21)16(19)24-15-8-6-14(7-9-15)18(22)23/h2-9,11H,10H2,1H3. The van der Waals surface area contributed by atoms with Crippen molar-refractivity contribution in [3.05, 3.63) is 74.3 Å². The van der Waals surface area contributed by atoms with Crippen LogP contribution in [0.25, 0.3) is 0 Å². The number of carbonyl (C=O) groups excluding carboxylic acids is 1. The molecule has 1 atom stereocenters. The van der Waals surface area contributed by atoms with Gasteiger partial charge in [0.25, 0.3) is 11.4 Å². The Morgan fingerprint density at radius 2 is 1.42 bits per heavy atom. The molecule has 0 heterocycles. The van der Waals surface area contributed by atoms with E-state index in [4.69, 9.17) is 4.74 Å². The van der Waals surface area contributed by atoms with Crippen molar-refractivity contribution in [3.63, 3.8) is 0 Å². The highest BCUT2D eigenvalue weighted by Crippen LogP contribution is 2.20. The molecule has 0 amide bonds. The number of benzene rings is 2. The Labute approximate surface area is 137 Å². The quantitative estimate of drug-likeness (QED) is 0.347. The zero-order valence-corrected chi connectivity index (χ0v) is 12.7. The Morgan fingerprint density at radius 3 is 1.88 bits per heavy atom. The Bertz CT molecular complexity index is 755. The molecule has 0 fully saturated rings. The number of hydrogen-bond acceptors (Lipinski definition) is 6. The van der Waals surface area contributed by atoms with Crippen molar-refractivity contribution in [2.24, 2.45) is 5.92 Å². The highest BCUT2D eigenvalue weighted by Gasteiger charge is 2.17. The Balaban J connectivity index is 1.96. The van der Waals surface area contributed by atoms with E-state index in [1.54, 1.807) is 19.1 Å². The zero-order chi connectivity index (χ0) is 17.7. The van der Waals surface area contributed by atoms with Gasteiger partial charge >= 0.3 is 5.97 Å². The normalized spacial score (nSPS) is 11.5. The van der Waals surface area contributed by atoms with Gasteiger partial charge in [0.15, 0.2) is 0 Å². The number of ether oxygens (including phenoxy) is 1. The molecule has 24 heavy (non-hydrogen) atoms. The second-order valence-electron chi connectivity index (χ2n) is 5.20. The van der Waals surface area contributed by atoms with E-state index in [1.165, 1.54) is 36.4 Å². The van der Waals surface area contributed by atoms with Crippen molar-refractivity contribution in [2.45, 2.75) is 13.3 Å². The summed E-state index contributed by atoms with van der Waals surface area (Å²) in [5, 5.41) is 21.2. The minimum absolute atomic E-state index is 0.0140. The third-order valence-corrected chi connectivity index (χ3v) is 3.36. The van der Waals surface area contributed by atoms with Crippen molar-refractivity contribution in [3.8, 4) is 5.75 Å². The zero-order valence-electron chi connectivity index (χ0n) is 12.7. The number of hydrogen-bond donors (Lipinski definition) is 0. The summed E-state index contributed by atoms with van der Waals surface area (Å²) in [6, 6.07) is 11.2. The fraction of sp³-hybridized carbons (Fsp3) is 0.188. The van der Waals surface area contributed by atoms with Gasteiger partial charge in [-0.1, -0.05) is 19.1 Å². The van der Waals surface area contributed by atoms with Gasteiger partial charge in [-0.05, 0) is 24.1 Å². The van der Waals surface area contributed by atoms with E-state index >= 15 is 0 Å². The van der Waals surface area contributed by atoms with Crippen molar-refractivity contribution in [2.75, 3.05) is 0 Å². The molecule has 124 valence electrons. The second kappa shape index (κ2) is 7.32. The van der Waals surface area contributed by atoms with Crippen LogP contribution in [0, 0.1) is 26.1 Å². The summed E-state index contributed by atoms with van der Waals surface area (Å²) in [5.74, 6) is -0.731. The summed E-state index contributed by atoms with van der Waals surface area (Å²) < 4.78 is 5.18. The van der Waals surface area contributed by atoms with E-state index in [0.29, 0.717) is 6.42 Å². The first kappa shape index (κ1) is 17.1. The van der Waals surface area contributed by atoms with Gasteiger partial charge in [0, 0.05) is 24.3 Å². The summed E-state index contributed by atoms with van der Waals surface area (Å²) in [6.07, 6.45) is 0.365. The Hall–Kier alpha value is -3.29. The van der Waals surface area contributed by atoms with Crippen LogP contribution in [-0.2, 0) is 11.2 Å². The maximum atomic E-state index is 12.0. The van der Waals surface area contributed by atoms with Crippen LogP contribution in [0.2, 0.25) is 0 Å². The predicted molar refractivity (Wildman–Crippen MR) is 84.7 cm³/mol. The second-order valence-corrected chi connectivity index (χ2v) is 5.20. The topological polar surface area (TPSA) is 113 Å². The Morgan fingerprint density at radius 1 is 0.958 bits per heavy atom. The molecule has 0 radical (unpaired) electrons. The first-order chi connectivity index (χ1) is 11.4. The third kappa shape index (κ3) is 4.35. The molecule has 2 rings (SSSR count). The molecule has 1 unspecified atom stereocenters. The summed E-state index contributed by atoms with van der Waals surface area (Å²) in [7, 11) is 0. The molecule has 0 aliphatic carbocycles. The van der Waals surface area contributed by atoms with Crippen LogP contribution in [0.15, 0.2) is 48.5 Å². The van der Waals surface area contributed by atoms with Gasteiger partial charge in [-0.3, -0.25) is 25.0 Å². The van der Waals surface area contributed by atoms with Crippen LogP contribution in [0.4, 0.5) is 11.4 Å². The molecule has 0 aromatic heterocycles. The van der Waals surface area contributed by atoms with E-state index in [9.17, 15) is 25.0 Å². The molecule has 0 saturated heterocycles. The van der Waals surface area contributed by atoms with E-state index in [0.717, 1.165) is 5.56 Å². The molecule has 0 aliphatic heterocycles. The van der Waals surface area contributed by atoms with Crippen molar-refractivity contribution in [1.29, 1.82) is 0 Å². The molecule has 2 aromatic carbocycles. The first-order valence-corrected chi connectivity index (χ1v) is 7.06. The average molecular weight is 330 g/mol. The number of nitrogens with zero attached hydrogens (tertiary/aromatic N) is 2. The van der Waals surface area contributed by atoms with Crippen LogP contribution in [-0.4, -0.2) is 15.8 Å². The van der Waals surface area contributed by atoms with Gasteiger partial charge in [-0.25, -0.2) is 0 Å². The van der Waals surface area contributed by atoms with Gasteiger partial charge in [0.2, 0.25) is 0 Å². The average Bonchev–Trinajstić information content (AvgIpc) is 2.55. The van der Waals surface area contributed by atoms with Gasteiger partial charge < -0.3 is 4.74 Å². The molecule has 0 aliphatic rings. The highest BCUT2D eigenvalue weighted by atomic mass is 16.6. The van der Waals surface area contributed by atoms with E-state index < -0.39 is 21.7 Å².